The lowest BCUT2D eigenvalue weighted by atomic mass is 10.1. The van der Waals surface area contributed by atoms with Crippen LogP contribution in [0, 0.1) is 0 Å². The van der Waals surface area contributed by atoms with Crippen molar-refractivity contribution < 1.29 is 29.0 Å². The predicted octanol–water partition coefficient (Wildman–Crippen LogP) is 1.56. The van der Waals surface area contributed by atoms with Crippen molar-refractivity contribution in [2.75, 3.05) is 39.2 Å². The van der Waals surface area contributed by atoms with Gasteiger partial charge in [-0.3, -0.25) is 4.79 Å². The number of rotatable bonds is 6. The summed E-state index contributed by atoms with van der Waals surface area (Å²) in [6.45, 7) is -0.227. The number of hydrogen-bond donors (Lipinski definition) is 2. The summed E-state index contributed by atoms with van der Waals surface area (Å²) < 4.78 is 9.86. The summed E-state index contributed by atoms with van der Waals surface area (Å²) in [6, 6.07) is 2.91. The predicted molar refractivity (Wildman–Crippen MR) is 96.8 cm³/mol. The van der Waals surface area contributed by atoms with Crippen molar-refractivity contribution in [3.05, 3.63) is 38.5 Å². The first-order valence-electron chi connectivity index (χ1n) is 7.40. The van der Waals surface area contributed by atoms with E-state index in [1.54, 1.807) is 0 Å². The zero-order valence-electron chi connectivity index (χ0n) is 14.0. The maximum absolute atomic E-state index is 12.6. The number of nitrogens with zero attached hydrogens (tertiary/aromatic N) is 1. The number of β-amino-alcohol motifs (C(OH)–C–C–N with tert-alkyl or cyclic N) is 1. The van der Waals surface area contributed by atoms with E-state index in [9.17, 15) is 14.4 Å². The highest BCUT2D eigenvalue weighted by atomic mass is 79.9. The number of anilines is 1. The minimum Gasteiger partial charge on any atom is -0.466 e. The second kappa shape index (κ2) is 8.52. The van der Waals surface area contributed by atoms with Crippen molar-refractivity contribution in [1.29, 1.82) is 0 Å². The largest absolute Gasteiger partial charge is 0.466 e. The number of carbonyl (C=O) groups is 3. The Hall–Kier alpha value is -2.10. The van der Waals surface area contributed by atoms with Gasteiger partial charge < -0.3 is 24.8 Å². The van der Waals surface area contributed by atoms with Gasteiger partial charge in [0.25, 0.3) is 5.91 Å². The Balaban J connectivity index is 2.52. The second-order valence-corrected chi connectivity index (χ2v) is 6.51. The summed E-state index contributed by atoms with van der Waals surface area (Å²) in [4.78, 5) is 38.0. The van der Waals surface area contributed by atoms with Gasteiger partial charge in [0.05, 0.1) is 44.2 Å². The minimum absolute atomic E-state index is 0.0207. The molecule has 8 nitrogen and oxygen atoms in total. The van der Waals surface area contributed by atoms with Crippen molar-refractivity contribution in [1.82, 2.24) is 4.90 Å². The van der Waals surface area contributed by atoms with E-state index in [1.165, 1.54) is 31.3 Å². The number of halogens is 2. The Kier molecular flexibility index (Phi) is 6.63. The Labute approximate surface area is 162 Å². The molecule has 0 bridgehead atoms. The van der Waals surface area contributed by atoms with Gasteiger partial charge in [0.15, 0.2) is 0 Å². The molecule has 1 aliphatic rings. The maximum atomic E-state index is 12.6. The third-order valence-corrected chi connectivity index (χ3v) is 4.51. The highest BCUT2D eigenvalue weighted by Gasteiger charge is 2.35. The van der Waals surface area contributed by atoms with Gasteiger partial charge in [-0.15, -0.1) is 0 Å². The monoisotopic (exact) mass is 446 g/mol. The molecule has 2 rings (SSSR count). The zero-order valence-corrected chi connectivity index (χ0v) is 16.3. The SMILES string of the molecule is COC(=O)C1=C(Nc2c(Br)cc(Cl)cc2C(=O)OC)C(=O)N(CCO)C1. The zero-order chi connectivity index (χ0) is 19.4. The van der Waals surface area contributed by atoms with Crippen molar-refractivity contribution >= 4 is 51.1 Å². The smallest absolute Gasteiger partial charge is 0.340 e. The van der Waals surface area contributed by atoms with E-state index in [1.807, 2.05) is 0 Å². The molecule has 0 saturated carbocycles. The average molecular weight is 448 g/mol. The van der Waals surface area contributed by atoms with Gasteiger partial charge >= 0.3 is 11.9 Å². The van der Waals surface area contributed by atoms with E-state index in [4.69, 9.17) is 26.2 Å². The van der Waals surface area contributed by atoms with Gasteiger partial charge in [-0.05, 0) is 28.1 Å². The molecule has 0 aromatic heterocycles. The molecule has 140 valence electrons. The van der Waals surface area contributed by atoms with Gasteiger partial charge in [0, 0.05) is 16.0 Å². The van der Waals surface area contributed by atoms with Gasteiger partial charge in [-0.1, -0.05) is 11.6 Å². The lowest BCUT2D eigenvalue weighted by Crippen LogP contribution is -2.31. The van der Waals surface area contributed by atoms with Gasteiger partial charge in [0.1, 0.15) is 5.70 Å². The summed E-state index contributed by atoms with van der Waals surface area (Å²) in [5.41, 5.74) is 0.343. The van der Waals surface area contributed by atoms with Crippen LogP contribution in [0.15, 0.2) is 27.9 Å². The molecule has 10 heteroatoms. The Morgan fingerprint density at radius 1 is 1.31 bits per heavy atom. The van der Waals surface area contributed by atoms with Crippen LogP contribution in [0.2, 0.25) is 5.02 Å². The molecule has 0 fully saturated rings. The van der Waals surface area contributed by atoms with Crippen LogP contribution in [0.5, 0.6) is 0 Å². The molecule has 2 N–H and O–H groups in total. The fourth-order valence-electron chi connectivity index (χ4n) is 2.45. The summed E-state index contributed by atoms with van der Waals surface area (Å²) in [5.74, 6) is -1.86. The van der Waals surface area contributed by atoms with E-state index in [2.05, 4.69) is 21.2 Å². The number of methoxy groups -OCH3 is 2. The number of nitrogens with one attached hydrogen (secondary N) is 1. The van der Waals surface area contributed by atoms with Crippen LogP contribution in [0.3, 0.4) is 0 Å². The van der Waals surface area contributed by atoms with Crippen LogP contribution < -0.4 is 5.32 Å². The number of aliphatic hydroxyl groups excluding tert-OH is 1. The summed E-state index contributed by atoms with van der Waals surface area (Å²) in [7, 11) is 2.41. The summed E-state index contributed by atoms with van der Waals surface area (Å²) in [6.07, 6.45) is 0. The molecular formula is C16H16BrClN2O6. The van der Waals surface area contributed by atoms with Crippen molar-refractivity contribution in [3.63, 3.8) is 0 Å². The molecule has 0 aliphatic carbocycles. The quantitative estimate of drug-likeness (QED) is 0.638. The Morgan fingerprint density at radius 2 is 1.96 bits per heavy atom. The summed E-state index contributed by atoms with van der Waals surface area (Å²) in [5, 5.41) is 12.2. The molecule has 1 heterocycles. The molecule has 1 aromatic carbocycles. The number of aliphatic hydroxyl groups is 1. The first-order valence-corrected chi connectivity index (χ1v) is 8.57. The van der Waals surface area contributed by atoms with Crippen LogP contribution in [0.25, 0.3) is 0 Å². The molecule has 0 saturated heterocycles. The average Bonchev–Trinajstić information content (AvgIpc) is 2.92. The number of carbonyl (C=O) groups excluding carboxylic acids is 3. The molecule has 0 unspecified atom stereocenters. The van der Waals surface area contributed by atoms with Crippen molar-refractivity contribution in [2.24, 2.45) is 0 Å². The van der Waals surface area contributed by atoms with Gasteiger partial charge in [-0.25, -0.2) is 9.59 Å². The number of benzene rings is 1. The third kappa shape index (κ3) is 4.00. The normalized spacial score (nSPS) is 13.9. The number of ether oxygens (including phenoxy) is 2. The maximum Gasteiger partial charge on any atom is 0.340 e. The molecule has 0 spiro atoms. The highest BCUT2D eigenvalue weighted by molar-refractivity contribution is 9.10. The van der Waals surface area contributed by atoms with E-state index in [0.717, 1.165) is 0 Å². The highest BCUT2D eigenvalue weighted by Crippen LogP contribution is 2.34. The molecule has 1 aromatic rings. The van der Waals surface area contributed by atoms with Crippen LogP contribution in [-0.2, 0) is 19.1 Å². The molecular weight excluding hydrogens is 432 g/mol. The minimum atomic E-state index is -0.689. The standard InChI is InChI=1S/C16H16BrClN2O6/c1-25-15(23)9-5-8(18)6-11(17)12(9)19-13-10(16(24)26-2)7-20(3-4-21)14(13)22/h5-6,19,21H,3-4,7H2,1-2H3. The first-order chi connectivity index (χ1) is 12.3. The second-order valence-electron chi connectivity index (χ2n) is 5.22. The lowest BCUT2D eigenvalue weighted by molar-refractivity contribution is -0.136. The molecule has 0 radical (unpaired) electrons. The number of amides is 1. The van der Waals surface area contributed by atoms with E-state index in [-0.39, 0.29) is 47.2 Å². The number of hydrogen-bond acceptors (Lipinski definition) is 7. The Morgan fingerprint density at radius 3 is 2.54 bits per heavy atom. The van der Waals surface area contributed by atoms with E-state index in [0.29, 0.717) is 4.47 Å². The molecule has 0 atom stereocenters. The molecule has 1 aliphatic heterocycles. The van der Waals surface area contributed by atoms with Crippen LogP contribution in [0.1, 0.15) is 10.4 Å². The van der Waals surface area contributed by atoms with E-state index >= 15 is 0 Å². The summed E-state index contributed by atoms with van der Waals surface area (Å²) >= 11 is 9.26. The fourth-order valence-corrected chi connectivity index (χ4v) is 3.35. The van der Waals surface area contributed by atoms with Crippen LogP contribution in [-0.4, -0.2) is 61.8 Å². The van der Waals surface area contributed by atoms with E-state index < -0.39 is 17.8 Å². The van der Waals surface area contributed by atoms with Crippen LogP contribution in [0.4, 0.5) is 5.69 Å². The van der Waals surface area contributed by atoms with Gasteiger partial charge in [-0.2, -0.15) is 0 Å². The van der Waals surface area contributed by atoms with Crippen LogP contribution >= 0.6 is 27.5 Å². The van der Waals surface area contributed by atoms with Gasteiger partial charge in [0.2, 0.25) is 0 Å². The fraction of sp³-hybridized carbons (Fsp3) is 0.312. The Bertz CT molecular complexity index is 795. The van der Waals surface area contributed by atoms with Crippen molar-refractivity contribution in [2.45, 2.75) is 0 Å². The third-order valence-electron chi connectivity index (χ3n) is 3.66. The topological polar surface area (TPSA) is 105 Å². The van der Waals surface area contributed by atoms with Crippen molar-refractivity contribution in [3.8, 4) is 0 Å². The molecule has 26 heavy (non-hydrogen) atoms. The molecule has 1 amide bonds. The first kappa shape index (κ1) is 20.2. The number of esters is 2. The lowest BCUT2D eigenvalue weighted by Gasteiger charge is -2.16.